The van der Waals surface area contributed by atoms with Gasteiger partial charge in [-0.3, -0.25) is 4.79 Å². The van der Waals surface area contributed by atoms with Gasteiger partial charge < -0.3 is 19.5 Å². The van der Waals surface area contributed by atoms with Crippen LogP contribution in [0.3, 0.4) is 0 Å². The Labute approximate surface area is 166 Å². The maximum absolute atomic E-state index is 12.3. The molecule has 2 aromatic heterocycles. The number of hydrogen-bond donors (Lipinski definition) is 1. The maximum atomic E-state index is 12.3. The molecule has 0 saturated heterocycles. The Kier molecular flexibility index (Phi) is 7.75. The van der Waals surface area contributed by atoms with Gasteiger partial charge in [0.2, 0.25) is 11.8 Å². The van der Waals surface area contributed by atoms with Crippen molar-refractivity contribution in [2.24, 2.45) is 0 Å². The Bertz CT molecular complexity index is 755. The van der Waals surface area contributed by atoms with Gasteiger partial charge >= 0.3 is 0 Å². The van der Waals surface area contributed by atoms with Gasteiger partial charge in [0.05, 0.1) is 23.9 Å². The van der Waals surface area contributed by atoms with Crippen LogP contribution in [0.5, 0.6) is 11.8 Å². The summed E-state index contributed by atoms with van der Waals surface area (Å²) in [5.74, 6) is 0.789. The summed E-state index contributed by atoms with van der Waals surface area (Å²) in [6.07, 6.45) is 3.20. The second-order valence-electron chi connectivity index (χ2n) is 7.55. The Balaban J connectivity index is 1.81. The number of nitrogens with one attached hydrogen (secondary N) is 1. The van der Waals surface area contributed by atoms with E-state index in [-0.39, 0.29) is 17.6 Å². The average molecular weight is 387 g/mol. The number of rotatable bonds is 9. The predicted octanol–water partition coefficient (Wildman–Crippen LogP) is 3.39. The minimum Gasteiger partial charge on any atom is -0.475 e. The second kappa shape index (κ2) is 10.0. The first-order valence-electron chi connectivity index (χ1n) is 9.35. The molecule has 7 nitrogen and oxygen atoms in total. The van der Waals surface area contributed by atoms with Crippen LogP contribution < -0.4 is 14.8 Å². The molecule has 0 saturated carbocycles. The number of carbonyl (C=O) groups is 1. The van der Waals surface area contributed by atoms with Gasteiger partial charge in [-0.25, -0.2) is 9.97 Å². The number of carbonyl (C=O) groups excluding carboxylic acids is 1. The van der Waals surface area contributed by atoms with E-state index in [1.165, 1.54) is 6.20 Å². The van der Waals surface area contributed by atoms with E-state index in [4.69, 9.17) is 14.2 Å². The summed E-state index contributed by atoms with van der Waals surface area (Å²) in [6.45, 7) is 11.1. The Morgan fingerprint density at radius 1 is 1.11 bits per heavy atom. The Morgan fingerprint density at radius 3 is 2.54 bits per heavy atom. The highest BCUT2D eigenvalue weighted by molar-refractivity contribution is 5.93. The van der Waals surface area contributed by atoms with Crippen LogP contribution in [-0.2, 0) is 11.3 Å². The summed E-state index contributed by atoms with van der Waals surface area (Å²) in [7, 11) is 0. The Morgan fingerprint density at radius 2 is 1.89 bits per heavy atom. The largest absolute Gasteiger partial charge is 0.475 e. The third-order valence-electron chi connectivity index (χ3n) is 3.48. The molecule has 0 radical (unpaired) electrons. The lowest BCUT2D eigenvalue weighted by Gasteiger charge is -2.19. The lowest BCUT2D eigenvalue weighted by molar-refractivity contribution is -0.0168. The molecule has 0 aromatic carbocycles. The molecule has 28 heavy (non-hydrogen) atoms. The molecule has 2 heterocycles. The highest BCUT2D eigenvalue weighted by Crippen LogP contribution is 2.12. The van der Waals surface area contributed by atoms with Gasteiger partial charge in [0.15, 0.2) is 0 Å². The van der Waals surface area contributed by atoms with E-state index in [0.29, 0.717) is 37.1 Å². The minimum atomic E-state index is -0.210. The highest BCUT2D eigenvalue weighted by atomic mass is 16.5. The zero-order chi connectivity index (χ0) is 20.6. The van der Waals surface area contributed by atoms with Gasteiger partial charge in [-0.2, -0.15) is 0 Å². The van der Waals surface area contributed by atoms with Gasteiger partial charge in [-0.05, 0) is 52.3 Å². The van der Waals surface area contributed by atoms with Crippen LogP contribution in [0.1, 0.15) is 50.5 Å². The molecular weight excluding hydrogens is 358 g/mol. The summed E-state index contributed by atoms with van der Waals surface area (Å²) < 4.78 is 16.7. The van der Waals surface area contributed by atoms with E-state index in [1.807, 2.05) is 46.8 Å². The van der Waals surface area contributed by atoms with Crippen LogP contribution in [0.25, 0.3) is 0 Å². The fourth-order valence-electron chi connectivity index (χ4n) is 2.24. The third-order valence-corrected chi connectivity index (χ3v) is 3.48. The molecule has 1 amide bonds. The topological polar surface area (TPSA) is 82.6 Å². The standard InChI is InChI=1S/C21H29N3O4/c1-15(2)28-19-12-16(8-9-22-19)13-24-20(25)17-6-7-18(23-14-17)26-10-11-27-21(3,4)5/h6-9,12,14-15H,10-11,13H2,1-5H3,(H,24,25). The lowest BCUT2D eigenvalue weighted by Crippen LogP contribution is -2.23. The van der Waals surface area contributed by atoms with E-state index < -0.39 is 0 Å². The van der Waals surface area contributed by atoms with Crippen LogP contribution in [-0.4, -0.2) is 40.8 Å². The Hall–Kier alpha value is -2.67. The molecule has 1 N–H and O–H groups in total. The van der Waals surface area contributed by atoms with Gasteiger partial charge in [0.1, 0.15) is 6.61 Å². The molecular formula is C21H29N3O4. The number of ether oxygens (including phenoxy) is 3. The molecule has 0 aliphatic heterocycles. The van der Waals surface area contributed by atoms with E-state index in [0.717, 1.165) is 5.56 Å². The number of pyridine rings is 2. The maximum Gasteiger partial charge on any atom is 0.253 e. The van der Waals surface area contributed by atoms with Crippen LogP contribution in [0.15, 0.2) is 36.7 Å². The van der Waals surface area contributed by atoms with Crippen LogP contribution in [0, 0.1) is 0 Å². The van der Waals surface area contributed by atoms with Crippen molar-refractivity contribution >= 4 is 5.91 Å². The minimum absolute atomic E-state index is 0.0455. The first-order chi connectivity index (χ1) is 13.2. The zero-order valence-electron chi connectivity index (χ0n) is 17.2. The summed E-state index contributed by atoms with van der Waals surface area (Å²) >= 11 is 0. The fourth-order valence-corrected chi connectivity index (χ4v) is 2.24. The van der Waals surface area contributed by atoms with E-state index >= 15 is 0 Å². The van der Waals surface area contributed by atoms with Crippen molar-refractivity contribution in [2.45, 2.75) is 52.9 Å². The second-order valence-corrected chi connectivity index (χ2v) is 7.55. The first kappa shape index (κ1) is 21.6. The highest BCUT2D eigenvalue weighted by Gasteiger charge is 2.10. The summed E-state index contributed by atoms with van der Waals surface area (Å²) in [5.41, 5.74) is 1.17. The molecule has 2 rings (SSSR count). The summed E-state index contributed by atoms with van der Waals surface area (Å²) in [5, 5.41) is 2.86. The van der Waals surface area contributed by atoms with Crippen molar-refractivity contribution in [3.8, 4) is 11.8 Å². The normalized spacial score (nSPS) is 11.4. The molecule has 0 spiro atoms. The van der Waals surface area contributed by atoms with Crippen molar-refractivity contribution in [3.05, 3.63) is 47.8 Å². The van der Waals surface area contributed by atoms with Crippen molar-refractivity contribution in [3.63, 3.8) is 0 Å². The van der Waals surface area contributed by atoms with E-state index in [2.05, 4.69) is 15.3 Å². The lowest BCUT2D eigenvalue weighted by atomic mass is 10.2. The molecule has 2 aromatic rings. The number of nitrogens with zero attached hydrogens (tertiary/aromatic N) is 2. The molecule has 152 valence electrons. The van der Waals surface area contributed by atoms with Crippen molar-refractivity contribution in [2.75, 3.05) is 13.2 Å². The number of amides is 1. The number of aromatic nitrogens is 2. The molecule has 7 heteroatoms. The van der Waals surface area contributed by atoms with E-state index in [9.17, 15) is 4.79 Å². The molecule has 0 bridgehead atoms. The van der Waals surface area contributed by atoms with Crippen molar-refractivity contribution < 1.29 is 19.0 Å². The average Bonchev–Trinajstić information content (AvgIpc) is 2.63. The van der Waals surface area contributed by atoms with Gasteiger partial charge in [0, 0.05) is 31.1 Å². The molecule has 0 atom stereocenters. The summed E-state index contributed by atoms with van der Waals surface area (Å²) in [4.78, 5) is 20.6. The smallest absolute Gasteiger partial charge is 0.253 e. The molecule has 0 fully saturated rings. The predicted molar refractivity (Wildman–Crippen MR) is 107 cm³/mol. The zero-order valence-corrected chi connectivity index (χ0v) is 17.2. The van der Waals surface area contributed by atoms with Crippen LogP contribution >= 0.6 is 0 Å². The van der Waals surface area contributed by atoms with Crippen molar-refractivity contribution in [1.29, 1.82) is 0 Å². The number of hydrogen-bond acceptors (Lipinski definition) is 6. The van der Waals surface area contributed by atoms with Crippen LogP contribution in [0.2, 0.25) is 0 Å². The van der Waals surface area contributed by atoms with Crippen LogP contribution in [0.4, 0.5) is 0 Å². The quantitative estimate of drug-likeness (QED) is 0.664. The van der Waals surface area contributed by atoms with Crippen molar-refractivity contribution in [1.82, 2.24) is 15.3 Å². The fraction of sp³-hybridized carbons (Fsp3) is 0.476. The summed E-state index contributed by atoms with van der Waals surface area (Å²) in [6, 6.07) is 7.01. The molecule has 0 unspecified atom stereocenters. The third kappa shape index (κ3) is 7.92. The first-order valence-corrected chi connectivity index (χ1v) is 9.35. The molecule has 0 aliphatic carbocycles. The monoisotopic (exact) mass is 387 g/mol. The van der Waals surface area contributed by atoms with Gasteiger partial charge in [-0.1, -0.05) is 0 Å². The van der Waals surface area contributed by atoms with E-state index in [1.54, 1.807) is 18.3 Å². The van der Waals surface area contributed by atoms with Gasteiger partial charge in [0.25, 0.3) is 5.91 Å². The SMILES string of the molecule is CC(C)Oc1cc(CNC(=O)c2ccc(OCCOC(C)(C)C)nc2)ccn1. The molecule has 0 aliphatic rings. The van der Waals surface area contributed by atoms with Gasteiger partial charge in [-0.15, -0.1) is 0 Å².